The number of amides is 1. The summed E-state index contributed by atoms with van der Waals surface area (Å²) >= 11 is 0. The summed E-state index contributed by atoms with van der Waals surface area (Å²) < 4.78 is 0. The van der Waals surface area contributed by atoms with Crippen LogP contribution in [0.3, 0.4) is 0 Å². The maximum atomic E-state index is 10.4. The number of unbranched alkanes of at least 4 members (excludes halogenated alkanes) is 8. The molecule has 142 valence electrons. The van der Waals surface area contributed by atoms with Gasteiger partial charge in [0.1, 0.15) is 0 Å². The van der Waals surface area contributed by atoms with Gasteiger partial charge in [-0.2, -0.15) is 0 Å². The van der Waals surface area contributed by atoms with Crippen LogP contribution in [0.25, 0.3) is 0 Å². The quantitative estimate of drug-likeness (QED) is 0.247. The number of carboxylic acid groups (broad SMARTS) is 2. The Hall–Kier alpha value is -0.630. The van der Waals surface area contributed by atoms with Gasteiger partial charge < -0.3 is 26.5 Å². The first kappa shape index (κ1) is 29.1. The SMILES string of the molecule is CCCCCCCCCCCC(N)=O.N[C@@H](CCC(=O)O)C(=O)[O-].[Na+]. The summed E-state index contributed by atoms with van der Waals surface area (Å²) in [6, 6.07) is -1.17. The Labute approximate surface area is 173 Å². The number of nitrogens with two attached hydrogens (primary N) is 2. The van der Waals surface area contributed by atoms with Crippen LogP contribution in [0.1, 0.15) is 84.0 Å². The predicted molar refractivity (Wildman–Crippen MR) is 90.9 cm³/mol. The zero-order valence-corrected chi connectivity index (χ0v) is 17.8. The van der Waals surface area contributed by atoms with Gasteiger partial charge in [-0.05, 0) is 12.8 Å². The Balaban J connectivity index is -0.000000392. The van der Waals surface area contributed by atoms with E-state index in [0.29, 0.717) is 6.42 Å². The van der Waals surface area contributed by atoms with Crippen LogP contribution in [0.15, 0.2) is 0 Å². The fraction of sp³-hybridized carbons (Fsp3) is 0.824. The molecule has 0 saturated carbocycles. The fourth-order valence-electron chi connectivity index (χ4n) is 2.01. The molecule has 0 aromatic heterocycles. The maximum Gasteiger partial charge on any atom is 1.00 e. The smallest absolute Gasteiger partial charge is 0.548 e. The normalized spacial score (nSPS) is 10.8. The van der Waals surface area contributed by atoms with E-state index in [4.69, 9.17) is 16.6 Å². The molecule has 1 amide bonds. The Bertz CT molecular complexity index is 354. The number of carbonyl (C=O) groups excluding carboxylic acids is 2. The second-order valence-electron chi connectivity index (χ2n) is 5.90. The summed E-state index contributed by atoms with van der Waals surface area (Å²) in [6.07, 6.45) is 11.8. The molecular weight excluding hydrogens is 335 g/mol. The molecule has 0 aromatic rings. The molecule has 0 bridgehead atoms. The number of rotatable bonds is 14. The first-order valence-electron chi connectivity index (χ1n) is 8.77. The minimum atomic E-state index is -1.42. The topological polar surface area (TPSA) is 147 Å². The third-order valence-electron chi connectivity index (χ3n) is 3.50. The van der Waals surface area contributed by atoms with E-state index in [-0.39, 0.29) is 48.3 Å². The second-order valence-corrected chi connectivity index (χ2v) is 5.90. The molecule has 0 heterocycles. The van der Waals surface area contributed by atoms with Crippen molar-refractivity contribution < 1.29 is 54.2 Å². The Morgan fingerprint density at radius 2 is 1.36 bits per heavy atom. The molecule has 1 atom stereocenters. The molecule has 0 unspecified atom stereocenters. The summed E-state index contributed by atoms with van der Waals surface area (Å²) in [5, 5.41) is 18.0. The zero-order chi connectivity index (χ0) is 18.8. The van der Waals surface area contributed by atoms with Crippen molar-refractivity contribution in [2.24, 2.45) is 11.5 Å². The van der Waals surface area contributed by atoms with Gasteiger partial charge >= 0.3 is 35.5 Å². The molecule has 0 saturated heterocycles. The molecule has 0 rings (SSSR count). The largest absolute Gasteiger partial charge is 1.00 e. The molecule has 0 aromatic carbocycles. The van der Waals surface area contributed by atoms with Crippen LogP contribution in [-0.4, -0.2) is 29.0 Å². The van der Waals surface area contributed by atoms with Gasteiger partial charge in [-0.15, -0.1) is 0 Å². The van der Waals surface area contributed by atoms with E-state index >= 15 is 0 Å². The standard InChI is InChI=1S/C12H25NO.C5H9NO4.Na/c1-2-3-4-5-6-7-8-9-10-11-12(13)14;6-3(5(9)10)1-2-4(7)8;/h2-11H2,1H3,(H2,13,14);3H,1-2,6H2,(H,7,8)(H,9,10);/q;;+1/p-1/t;3-;/m.0./s1. The molecule has 25 heavy (non-hydrogen) atoms. The van der Waals surface area contributed by atoms with Crippen molar-refractivity contribution in [3.63, 3.8) is 0 Å². The van der Waals surface area contributed by atoms with Gasteiger partial charge in [-0.1, -0.05) is 58.3 Å². The maximum absolute atomic E-state index is 10.4. The predicted octanol–water partition coefficient (Wildman–Crippen LogP) is -1.67. The fourth-order valence-corrected chi connectivity index (χ4v) is 2.01. The molecule has 0 spiro atoms. The molecule has 7 nitrogen and oxygen atoms in total. The van der Waals surface area contributed by atoms with Crippen LogP contribution in [0, 0.1) is 0 Å². The molecule has 0 aliphatic rings. The van der Waals surface area contributed by atoms with Gasteiger partial charge in [-0.25, -0.2) is 0 Å². The number of aliphatic carboxylic acids is 2. The summed E-state index contributed by atoms with van der Waals surface area (Å²) in [7, 11) is 0. The van der Waals surface area contributed by atoms with Crippen molar-refractivity contribution in [3.8, 4) is 0 Å². The van der Waals surface area contributed by atoms with Crippen LogP contribution < -0.4 is 46.1 Å². The molecule has 0 radical (unpaired) electrons. The Morgan fingerprint density at radius 1 is 0.920 bits per heavy atom. The van der Waals surface area contributed by atoms with Gasteiger partial charge in [0.2, 0.25) is 5.91 Å². The molecule has 5 N–H and O–H groups in total. The minimum Gasteiger partial charge on any atom is -0.548 e. The van der Waals surface area contributed by atoms with E-state index < -0.39 is 18.0 Å². The first-order valence-corrected chi connectivity index (χ1v) is 8.77. The Kier molecular flexibility index (Phi) is 25.0. The average molecular weight is 368 g/mol. The van der Waals surface area contributed by atoms with Crippen LogP contribution in [0.4, 0.5) is 0 Å². The molecular formula is C17H33N2NaO5. The van der Waals surface area contributed by atoms with Crippen molar-refractivity contribution >= 4 is 17.8 Å². The molecule has 0 aliphatic heterocycles. The third kappa shape index (κ3) is 28.4. The van der Waals surface area contributed by atoms with E-state index in [2.05, 4.69) is 6.92 Å². The van der Waals surface area contributed by atoms with Crippen molar-refractivity contribution in [2.75, 3.05) is 0 Å². The number of carboxylic acids is 2. The molecule has 0 fully saturated rings. The van der Waals surface area contributed by atoms with Gasteiger partial charge in [-0.3, -0.25) is 9.59 Å². The third-order valence-corrected chi connectivity index (χ3v) is 3.50. The van der Waals surface area contributed by atoms with Gasteiger partial charge in [0.05, 0.1) is 5.97 Å². The van der Waals surface area contributed by atoms with Crippen molar-refractivity contribution in [2.45, 2.75) is 90.0 Å². The van der Waals surface area contributed by atoms with Crippen molar-refractivity contribution in [1.29, 1.82) is 0 Å². The first-order chi connectivity index (χ1) is 11.3. The van der Waals surface area contributed by atoms with E-state index in [1.54, 1.807) is 0 Å². The van der Waals surface area contributed by atoms with E-state index in [1.807, 2.05) is 0 Å². The number of hydrogen-bond acceptors (Lipinski definition) is 5. The zero-order valence-electron chi connectivity index (χ0n) is 15.8. The summed E-state index contributed by atoms with van der Waals surface area (Å²) in [4.78, 5) is 30.2. The van der Waals surface area contributed by atoms with Crippen molar-refractivity contribution in [3.05, 3.63) is 0 Å². The molecule has 8 heteroatoms. The summed E-state index contributed by atoms with van der Waals surface area (Å²) in [6.45, 7) is 2.24. The number of carbonyl (C=O) groups is 3. The van der Waals surface area contributed by atoms with Gasteiger partial charge in [0.15, 0.2) is 0 Å². The second kappa shape index (κ2) is 21.4. The average Bonchev–Trinajstić information content (AvgIpc) is 2.51. The van der Waals surface area contributed by atoms with Gasteiger partial charge in [0, 0.05) is 18.9 Å². The summed E-state index contributed by atoms with van der Waals surface area (Å²) in [5.41, 5.74) is 9.99. The minimum absolute atomic E-state index is 0. The Morgan fingerprint density at radius 3 is 1.72 bits per heavy atom. The number of primary amides is 1. The van der Waals surface area contributed by atoms with Crippen LogP contribution >= 0.6 is 0 Å². The van der Waals surface area contributed by atoms with Crippen molar-refractivity contribution in [1.82, 2.24) is 0 Å². The summed E-state index contributed by atoms with van der Waals surface area (Å²) in [5.74, 6) is -2.63. The number of hydrogen-bond donors (Lipinski definition) is 3. The van der Waals surface area contributed by atoms with E-state index in [0.717, 1.165) is 12.8 Å². The van der Waals surface area contributed by atoms with E-state index in [9.17, 15) is 19.5 Å². The van der Waals surface area contributed by atoms with Crippen LogP contribution in [0.5, 0.6) is 0 Å². The van der Waals surface area contributed by atoms with Gasteiger partial charge in [0.25, 0.3) is 0 Å². The van der Waals surface area contributed by atoms with E-state index in [1.165, 1.54) is 44.9 Å². The van der Waals surface area contributed by atoms with Crippen LogP contribution in [-0.2, 0) is 14.4 Å². The monoisotopic (exact) mass is 368 g/mol. The van der Waals surface area contributed by atoms with Crippen LogP contribution in [0.2, 0.25) is 0 Å². The molecule has 0 aliphatic carbocycles.